The van der Waals surface area contributed by atoms with Crippen molar-refractivity contribution in [2.45, 2.75) is 39.3 Å². The predicted molar refractivity (Wildman–Crippen MR) is 98.0 cm³/mol. The molecule has 0 bridgehead atoms. The Labute approximate surface area is 157 Å². The van der Waals surface area contributed by atoms with Crippen LogP contribution in [0, 0.1) is 11.3 Å². The third-order valence-corrected chi connectivity index (χ3v) is 4.10. The number of rotatable bonds is 2. The quantitative estimate of drug-likeness (QED) is 0.848. The number of nitrogens with one attached hydrogen (secondary N) is 2. The van der Waals surface area contributed by atoms with Gasteiger partial charge in [0.1, 0.15) is 11.7 Å². The average Bonchev–Trinajstić information content (AvgIpc) is 3.04. The number of benzene rings is 1. The minimum absolute atomic E-state index is 0.214. The fourth-order valence-corrected chi connectivity index (χ4v) is 2.84. The highest BCUT2D eigenvalue weighted by molar-refractivity contribution is 6.04. The van der Waals surface area contributed by atoms with Crippen LogP contribution in [0.5, 0.6) is 0 Å². The minimum atomic E-state index is -0.588. The number of anilines is 1. The zero-order chi connectivity index (χ0) is 19.6. The van der Waals surface area contributed by atoms with E-state index < -0.39 is 17.6 Å². The molecule has 0 unspecified atom stereocenters. The van der Waals surface area contributed by atoms with Gasteiger partial charge in [-0.15, -0.1) is 0 Å². The normalized spacial score (nSPS) is 13.5. The second kappa shape index (κ2) is 7.11. The molecule has 1 aliphatic heterocycles. The summed E-state index contributed by atoms with van der Waals surface area (Å²) >= 11 is 0. The molecule has 3 rings (SSSR count). The molecular formula is C19H21N5O3. The van der Waals surface area contributed by atoms with Gasteiger partial charge in [0.15, 0.2) is 5.69 Å². The molecule has 27 heavy (non-hydrogen) atoms. The number of aromatic nitrogens is 2. The van der Waals surface area contributed by atoms with E-state index in [4.69, 9.17) is 10.00 Å². The maximum Gasteiger partial charge on any atom is 0.410 e. The second-order valence-electron chi connectivity index (χ2n) is 7.29. The molecule has 2 aromatic rings. The van der Waals surface area contributed by atoms with Crippen LogP contribution in [0.3, 0.4) is 0 Å². The average molecular weight is 367 g/mol. The molecule has 0 aliphatic carbocycles. The van der Waals surface area contributed by atoms with Gasteiger partial charge in [0.05, 0.1) is 17.8 Å². The molecule has 140 valence electrons. The number of aromatic amines is 1. The van der Waals surface area contributed by atoms with Gasteiger partial charge in [-0.05, 0) is 32.9 Å². The van der Waals surface area contributed by atoms with Gasteiger partial charge < -0.3 is 15.0 Å². The lowest BCUT2D eigenvalue weighted by molar-refractivity contribution is 0.0222. The lowest BCUT2D eigenvalue weighted by Crippen LogP contribution is -2.40. The summed E-state index contributed by atoms with van der Waals surface area (Å²) in [6, 6.07) is 8.78. The maximum atomic E-state index is 12.7. The molecule has 0 atom stereocenters. The Kier molecular flexibility index (Phi) is 4.86. The molecule has 2 amide bonds. The van der Waals surface area contributed by atoms with Gasteiger partial charge in [-0.1, -0.05) is 12.1 Å². The van der Waals surface area contributed by atoms with Crippen molar-refractivity contribution in [3.05, 3.63) is 46.8 Å². The molecule has 0 fully saturated rings. The van der Waals surface area contributed by atoms with Crippen LogP contribution in [0.1, 0.15) is 48.1 Å². The number of para-hydroxylation sites is 1. The number of H-pyrrole nitrogens is 1. The number of carbonyl (C=O) groups is 2. The molecule has 1 aromatic carbocycles. The smallest absolute Gasteiger partial charge is 0.410 e. The Hall–Kier alpha value is -3.34. The summed E-state index contributed by atoms with van der Waals surface area (Å²) in [5.41, 5.74) is 1.90. The summed E-state index contributed by atoms with van der Waals surface area (Å²) in [4.78, 5) is 26.6. The Morgan fingerprint density at radius 1 is 1.33 bits per heavy atom. The Bertz CT molecular complexity index is 920. The third-order valence-electron chi connectivity index (χ3n) is 4.10. The summed E-state index contributed by atoms with van der Waals surface area (Å²) in [5.74, 6) is -0.429. The van der Waals surface area contributed by atoms with Crippen LogP contribution in [0.25, 0.3) is 0 Å². The number of ether oxygens (including phenoxy) is 1. The van der Waals surface area contributed by atoms with E-state index in [9.17, 15) is 9.59 Å². The Morgan fingerprint density at radius 3 is 2.78 bits per heavy atom. The summed E-state index contributed by atoms with van der Waals surface area (Å²) < 4.78 is 5.41. The molecular weight excluding hydrogens is 346 g/mol. The minimum Gasteiger partial charge on any atom is -0.444 e. The summed E-state index contributed by atoms with van der Waals surface area (Å²) in [6.07, 6.45) is 0.138. The molecule has 0 radical (unpaired) electrons. The van der Waals surface area contributed by atoms with Crippen LogP contribution in [-0.2, 0) is 17.7 Å². The third kappa shape index (κ3) is 4.08. The number of carbonyl (C=O) groups excluding carboxylic acids is 2. The summed E-state index contributed by atoms with van der Waals surface area (Å²) in [7, 11) is 0. The van der Waals surface area contributed by atoms with Gasteiger partial charge >= 0.3 is 6.09 Å². The highest BCUT2D eigenvalue weighted by Crippen LogP contribution is 2.23. The van der Waals surface area contributed by atoms with Crippen molar-refractivity contribution in [3.63, 3.8) is 0 Å². The largest absolute Gasteiger partial charge is 0.444 e. The van der Waals surface area contributed by atoms with Crippen LogP contribution in [0.15, 0.2) is 24.3 Å². The molecule has 2 N–H and O–H groups in total. The Morgan fingerprint density at radius 2 is 2.07 bits per heavy atom. The van der Waals surface area contributed by atoms with Crippen molar-refractivity contribution < 1.29 is 14.3 Å². The molecule has 0 saturated heterocycles. The van der Waals surface area contributed by atoms with Gasteiger partial charge in [0.25, 0.3) is 5.91 Å². The van der Waals surface area contributed by atoms with Gasteiger partial charge in [-0.25, -0.2) is 4.79 Å². The maximum absolute atomic E-state index is 12.7. The number of amides is 2. The summed E-state index contributed by atoms with van der Waals surface area (Å²) in [5, 5.41) is 18.9. The first kappa shape index (κ1) is 18.5. The number of fused-ring (bicyclic) bond motifs is 1. The molecule has 0 saturated carbocycles. The van der Waals surface area contributed by atoms with Gasteiger partial charge in [0.2, 0.25) is 0 Å². The van der Waals surface area contributed by atoms with Gasteiger partial charge in [0, 0.05) is 24.2 Å². The molecule has 1 aromatic heterocycles. The fraction of sp³-hybridized carbons (Fsp3) is 0.368. The predicted octanol–water partition coefficient (Wildman–Crippen LogP) is 2.83. The topological polar surface area (TPSA) is 111 Å². The highest BCUT2D eigenvalue weighted by atomic mass is 16.6. The van der Waals surface area contributed by atoms with E-state index in [1.165, 1.54) is 0 Å². The number of nitrogens with zero attached hydrogens (tertiary/aromatic N) is 3. The van der Waals surface area contributed by atoms with E-state index in [1.807, 2.05) is 26.8 Å². The van der Waals surface area contributed by atoms with Gasteiger partial charge in [-0.2, -0.15) is 10.4 Å². The number of nitriles is 1. The Balaban J connectivity index is 1.79. The van der Waals surface area contributed by atoms with Crippen molar-refractivity contribution >= 4 is 17.7 Å². The van der Waals surface area contributed by atoms with Crippen molar-refractivity contribution in [2.75, 3.05) is 11.9 Å². The van der Waals surface area contributed by atoms with E-state index in [-0.39, 0.29) is 12.2 Å². The molecule has 8 heteroatoms. The van der Waals surface area contributed by atoms with Crippen molar-refractivity contribution in [2.24, 2.45) is 0 Å². The van der Waals surface area contributed by atoms with E-state index >= 15 is 0 Å². The molecule has 8 nitrogen and oxygen atoms in total. The number of hydrogen-bond acceptors (Lipinski definition) is 5. The molecule has 0 spiro atoms. The van der Waals surface area contributed by atoms with E-state index in [2.05, 4.69) is 15.5 Å². The highest BCUT2D eigenvalue weighted by Gasteiger charge is 2.30. The lowest BCUT2D eigenvalue weighted by atomic mass is 10.1. The van der Waals surface area contributed by atoms with Crippen LogP contribution in [0.2, 0.25) is 0 Å². The van der Waals surface area contributed by atoms with Crippen LogP contribution in [-0.4, -0.2) is 39.2 Å². The first-order chi connectivity index (χ1) is 12.8. The molecule has 1 aliphatic rings. The first-order valence-electron chi connectivity index (χ1n) is 8.63. The van der Waals surface area contributed by atoms with Crippen LogP contribution in [0.4, 0.5) is 10.5 Å². The van der Waals surface area contributed by atoms with Crippen molar-refractivity contribution in [3.8, 4) is 6.07 Å². The zero-order valence-corrected chi connectivity index (χ0v) is 15.5. The van der Waals surface area contributed by atoms with Crippen molar-refractivity contribution in [1.82, 2.24) is 15.1 Å². The lowest BCUT2D eigenvalue weighted by Gasteiger charge is -2.30. The standard InChI is InChI=1S/C19H21N5O3/c1-19(2,3)27-18(26)24-9-8-15-13(11-24)16(23-22-15)17(25)21-14-7-5-4-6-12(14)10-20/h4-7H,8-9,11H2,1-3H3,(H,21,25)(H,22,23). The second-order valence-corrected chi connectivity index (χ2v) is 7.29. The van der Waals surface area contributed by atoms with E-state index in [1.54, 1.807) is 29.2 Å². The van der Waals surface area contributed by atoms with Crippen molar-refractivity contribution in [1.29, 1.82) is 5.26 Å². The summed E-state index contributed by atoms with van der Waals surface area (Å²) in [6.45, 7) is 6.16. The van der Waals surface area contributed by atoms with E-state index in [0.717, 1.165) is 5.69 Å². The van der Waals surface area contributed by atoms with E-state index in [0.29, 0.717) is 29.8 Å². The van der Waals surface area contributed by atoms with Gasteiger partial charge in [-0.3, -0.25) is 9.89 Å². The number of hydrogen-bond donors (Lipinski definition) is 2. The zero-order valence-electron chi connectivity index (χ0n) is 15.5. The SMILES string of the molecule is CC(C)(C)OC(=O)N1CCc2[nH]nc(C(=O)Nc3ccccc3C#N)c2C1. The van der Waals surface area contributed by atoms with Crippen LogP contribution >= 0.6 is 0 Å². The van der Waals surface area contributed by atoms with Crippen LogP contribution < -0.4 is 5.32 Å². The first-order valence-corrected chi connectivity index (χ1v) is 8.63. The fourth-order valence-electron chi connectivity index (χ4n) is 2.84. The monoisotopic (exact) mass is 367 g/mol. The molecule has 2 heterocycles.